The molecule has 0 unspecified atom stereocenters. The van der Waals surface area contributed by atoms with Gasteiger partial charge in [-0.15, -0.1) is 11.3 Å². The fourth-order valence-corrected chi connectivity index (χ4v) is 7.47. The molecule has 1 aromatic heterocycles. The van der Waals surface area contributed by atoms with Crippen LogP contribution in [0.3, 0.4) is 0 Å². The second kappa shape index (κ2) is 2.90. The molecule has 0 saturated carbocycles. The summed E-state index contributed by atoms with van der Waals surface area (Å²) < 4.78 is 48.2. The van der Waals surface area contributed by atoms with Gasteiger partial charge in [0.15, 0.2) is 0 Å². The highest BCUT2D eigenvalue weighted by Crippen LogP contribution is 2.49. The van der Waals surface area contributed by atoms with Crippen LogP contribution in [0.1, 0.15) is 23.6 Å². The Kier molecular flexibility index (Phi) is 1.91. The van der Waals surface area contributed by atoms with Crippen molar-refractivity contribution in [2.75, 3.05) is 0 Å². The number of fused-ring (bicyclic) bond motifs is 3. The second-order valence-electron chi connectivity index (χ2n) is 4.01. The number of allylic oxidation sites excluding steroid dienone is 2. The van der Waals surface area contributed by atoms with Crippen LogP contribution in [0.4, 0.5) is 0 Å². The van der Waals surface area contributed by atoms with Crippen molar-refractivity contribution in [3.63, 3.8) is 0 Å². The quantitative estimate of drug-likeness (QED) is 0.732. The predicted octanol–water partition coefficient (Wildman–Crippen LogP) is 2.04. The Morgan fingerprint density at radius 3 is 1.53 bits per heavy atom. The van der Waals surface area contributed by atoms with Gasteiger partial charge >= 0.3 is 0 Å². The third-order valence-corrected chi connectivity index (χ3v) is 8.25. The van der Waals surface area contributed by atoms with Gasteiger partial charge in [-0.1, -0.05) is 0 Å². The monoisotopic (exact) mass is 288 g/mol. The van der Waals surface area contributed by atoms with Gasteiger partial charge in [-0.05, 0) is 26.0 Å². The summed E-state index contributed by atoms with van der Waals surface area (Å²) in [6.45, 7) is 2.96. The lowest BCUT2D eigenvalue weighted by Crippen LogP contribution is -2.05. The van der Waals surface area contributed by atoms with Gasteiger partial charge in [-0.3, -0.25) is 0 Å². The Hall–Kier alpha value is -0.920. The number of hydrogen-bond donors (Lipinski definition) is 0. The summed E-state index contributed by atoms with van der Waals surface area (Å²) in [7, 11) is -7.20. The van der Waals surface area contributed by atoms with Gasteiger partial charge in [-0.25, -0.2) is 16.8 Å². The van der Waals surface area contributed by atoms with Crippen LogP contribution < -0.4 is 0 Å². The molecular formula is C10H8O4S3. The van der Waals surface area contributed by atoms with Gasteiger partial charge in [0.05, 0.1) is 0 Å². The van der Waals surface area contributed by atoms with Crippen molar-refractivity contribution in [1.29, 1.82) is 0 Å². The van der Waals surface area contributed by atoms with E-state index in [9.17, 15) is 16.8 Å². The molecule has 0 radical (unpaired) electrons. The Balaban J connectivity index is 2.49. The zero-order chi connectivity index (χ0) is 12.6. The van der Waals surface area contributed by atoms with Crippen LogP contribution in [0.5, 0.6) is 0 Å². The summed E-state index contributed by atoms with van der Waals surface area (Å²) in [5.41, 5.74) is 0. The van der Waals surface area contributed by atoms with Crippen LogP contribution in [0.25, 0.3) is 12.2 Å². The van der Waals surface area contributed by atoms with Gasteiger partial charge in [0, 0.05) is 19.6 Å². The van der Waals surface area contributed by atoms with E-state index in [4.69, 9.17) is 0 Å². The fraction of sp³-hybridized carbons (Fsp3) is 0.200. The van der Waals surface area contributed by atoms with E-state index in [1.807, 2.05) is 0 Å². The molecule has 1 aromatic rings. The summed E-state index contributed by atoms with van der Waals surface area (Å²) in [4.78, 5) is 1.42. The fourth-order valence-electron chi connectivity index (χ4n) is 1.98. The highest BCUT2D eigenvalue weighted by atomic mass is 32.2. The molecule has 0 N–H and O–H groups in total. The van der Waals surface area contributed by atoms with Gasteiger partial charge in [0.2, 0.25) is 19.7 Å². The average molecular weight is 288 g/mol. The lowest BCUT2D eigenvalue weighted by molar-refractivity contribution is 0.592. The Morgan fingerprint density at radius 2 is 1.18 bits per heavy atom. The van der Waals surface area contributed by atoms with Crippen molar-refractivity contribution in [3.05, 3.63) is 19.6 Å². The first-order valence-corrected chi connectivity index (χ1v) is 8.58. The van der Waals surface area contributed by atoms with Crippen LogP contribution in [-0.2, 0) is 19.7 Å². The predicted molar refractivity (Wildman–Crippen MR) is 66.0 cm³/mol. The van der Waals surface area contributed by atoms with E-state index >= 15 is 0 Å². The highest BCUT2D eigenvalue weighted by Gasteiger charge is 2.41. The molecule has 2 aliphatic heterocycles. The molecular weight excluding hydrogens is 280 g/mol. The zero-order valence-electron chi connectivity index (χ0n) is 9.01. The first kappa shape index (κ1) is 11.2. The van der Waals surface area contributed by atoms with E-state index < -0.39 is 19.7 Å². The summed E-state index contributed by atoms with van der Waals surface area (Å²) >= 11 is 1.21. The summed E-state index contributed by atoms with van der Waals surface area (Å²) in [5, 5.41) is 0. The highest BCUT2D eigenvalue weighted by molar-refractivity contribution is 7.99. The molecule has 90 valence electrons. The Morgan fingerprint density at radius 1 is 0.824 bits per heavy atom. The molecule has 0 bridgehead atoms. The van der Waals surface area contributed by atoms with Crippen molar-refractivity contribution < 1.29 is 16.8 Å². The molecule has 17 heavy (non-hydrogen) atoms. The van der Waals surface area contributed by atoms with Gasteiger partial charge in [0.25, 0.3) is 0 Å². The topological polar surface area (TPSA) is 68.3 Å². The average Bonchev–Trinajstić information content (AvgIpc) is 2.71. The van der Waals surface area contributed by atoms with Crippen molar-refractivity contribution in [1.82, 2.24) is 0 Å². The first-order chi connectivity index (χ1) is 7.76. The minimum atomic E-state index is -3.60. The molecule has 0 atom stereocenters. The maximum atomic E-state index is 12.1. The van der Waals surface area contributed by atoms with Crippen molar-refractivity contribution >= 4 is 43.2 Å². The number of sulfone groups is 2. The molecule has 3 heterocycles. The maximum absolute atomic E-state index is 12.1. The Labute approximate surface area is 103 Å². The molecule has 0 saturated heterocycles. The van der Waals surface area contributed by atoms with Crippen molar-refractivity contribution in [2.45, 2.75) is 23.6 Å². The second-order valence-corrected chi connectivity index (χ2v) is 9.21. The van der Waals surface area contributed by atoms with E-state index in [0.29, 0.717) is 9.75 Å². The Bertz CT molecular complexity index is 749. The molecule has 0 aliphatic carbocycles. The van der Waals surface area contributed by atoms with Crippen molar-refractivity contribution in [3.8, 4) is 0 Å². The molecule has 0 amide bonds. The molecule has 7 heteroatoms. The van der Waals surface area contributed by atoms with E-state index in [0.717, 1.165) is 0 Å². The van der Waals surface area contributed by atoms with Crippen LogP contribution in [0.15, 0.2) is 19.6 Å². The van der Waals surface area contributed by atoms with Gasteiger partial charge in [-0.2, -0.15) is 0 Å². The molecule has 0 aromatic carbocycles. The minimum absolute atomic E-state index is 0.0249. The van der Waals surface area contributed by atoms with E-state index in [1.54, 1.807) is 0 Å². The van der Waals surface area contributed by atoms with E-state index in [-0.39, 0.29) is 19.6 Å². The minimum Gasteiger partial charge on any atom is -0.219 e. The van der Waals surface area contributed by atoms with Crippen LogP contribution >= 0.6 is 11.3 Å². The largest absolute Gasteiger partial charge is 0.219 e. The van der Waals surface area contributed by atoms with E-state index in [2.05, 4.69) is 0 Å². The maximum Gasteiger partial charge on any atom is 0.205 e. The van der Waals surface area contributed by atoms with Crippen molar-refractivity contribution in [2.24, 2.45) is 0 Å². The number of hydrogen-bond acceptors (Lipinski definition) is 5. The molecule has 3 rings (SSSR count). The molecule has 4 nitrogen and oxygen atoms in total. The van der Waals surface area contributed by atoms with Crippen LogP contribution in [0, 0.1) is 0 Å². The van der Waals surface area contributed by atoms with Gasteiger partial charge in [0.1, 0.15) is 9.79 Å². The van der Waals surface area contributed by atoms with Crippen LogP contribution in [-0.4, -0.2) is 16.8 Å². The summed E-state index contributed by atoms with van der Waals surface area (Å²) in [5.74, 6) is 0. The molecule has 0 fully saturated rings. The summed E-state index contributed by atoms with van der Waals surface area (Å²) in [6, 6.07) is 0. The van der Waals surface area contributed by atoms with Crippen LogP contribution in [0.2, 0.25) is 0 Å². The number of rotatable bonds is 0. The normalized spacial score (nSPS) is 22.9. The SMILES string of the molecule is CC1=Cc2sc3c(c2S1(=O)=O)S(=O)(=O)C(C)=C3. The summed E-state index contributed by atoms with van der Waals surface area (Å²) in [6.07, 6.45) is 3.07. The molecule has 2 aliphatic rings. The third kappa shape index (κ3) is 1.16. The lowest BCUT2D eigenvalue weighted by atomic mass is 10.4. The molecule has 0 spiro atoms. The third-order valence-electron chi connectivity index (χ3n) is 2.93. The van der Waals surface area contributed by atoms with E-state index in [1.165, 1.54) is 37.3 Å². The lowest BCUT2D eigenvalue weighted by Gasteiger charge is -2.01. The first-order valence-electron chi connectivity index (χ1n) is 4.80. The zero-order valence-corrected chi connectivity index (χ0v) is 11.5. The smallest absolute Gasteiger partial charge is 0.205 e. The standard InChI is InChI=1S/C10H8O4S3/c1-5-3-7-9(16(5,11)12)10-8(15-7)4-6(2)17(10,13)14/h3-4H,1-2H3. The van der Waals surface area contributed by atoms with Gasteiger partial charge < -0.3 is 0 Å². The number of thiophene rings is 1.